The first-order chi connectivity index (χ1) is 32.5. The zero-order valence-electron chi connectivity index (χ0n) is 42.1. The lowest BCUT2D eigenvalue weighted by Gasteiger charge is -2.33. The standard InChI is InChI=1S/C43H66N6O16.2C2H6/c1-20-34(40(62)44-10-32(60)18-54)22(3)38(24(5)36(20)42(64)46-28(14-50)15-51)48(26(7)56)12-30(58)9-31(59)13-49(27(8)57)39-23(4)35(41(63)45-11-33(61)19-55)21(2)37(25(39)6)43(65)47-29(16-52)17-53;2*1-2/h28-33,50-55,58-61H,9-19H2,1-8H3,(H,44,62)(H,45,63)(H,46,64)(H,47,65);2*1-2H3. The van der Waals surface area contributed by atoms with Crippen molar-refractivity contribution >= 4 is 46.8 Å². The summed E-state index contributed by atoms with van der Waals surface area (Å²) in [6.45, 7) is 13.4. The minimum Gasteiger partial charge on any atom is -0.394 e. The molecule has 22 heteroatoms. The molecule has 0 saturated carbocycles. The Hall–Kier alpha value is -5.14. The van der Waals surface area contributed by atoms with Gasteiger partial charge in [-0.1, -0.05) is 27.7 Å². The van der Waals surface area contributed by atoms with E-state index < -0.39 is 131 Å². The van der Waals surface area contributed by atoms with E-state index in [4.69, 9.17) is 0 Å². The van der Waals surface area contributed by atoms with E-state index in [1.165, 1.54) is 41.5 Å². The highest BCUT2D eigenvalue weighted by atomic mass is 16.3. The molecule has 2 aromatic carbocycles. The Labute approximate surface area is 404 Å². The Morgan fingerprint density at radius 2 is 0.681 bits per heavy atom. The maximum atomic E-state index is 13.7. The van der Waals surface area contributed by atoms with Gasteiger partial charge in [-0.15, -0.1) is 0 Å². The molecule has 22 nitrogen and oxygen atoms in total. The summed E-state index contributed by atoms with van der Waals surface area (Å²) in [4.78, 5) is 83.7. The molecule has 0 radical (unpaired) electrons. The van der Waals surface area contributed by atoms with E-state index in [1.807, 2.05) is 27.7 Å². The summed E-state index contributed by atoms with van der Waals surface area (Å²) in [6, 6.07) is -2.19. The van der Waals surface area contributed by atoms with Gasteiger partial charge in [0, 0.05) is 55.6 Å². The molecular weight excluding hydrogens is 905 g/mol. The van der Waals surface area contributed by atoms with Gasteiger partial charge < -0.3 is 82.1 Å². The highest BCUT2D eigenvalue weighted by Crippen LogP contribution is 2.37. The molecular formula is C47H78N6O16. The molecule has 0 aliphatic rings. The van der Waals surface area contributed by atoms with Crippen molar-refractivity contribution in [3.8, 4) is 0 Å². The van der Waals surface area contributed by atoms with Gasteiger partial charge in [-0.2, -0.15) is 0 Å². The fraction of sp³-hybridized carbons (Fsp3) is 0.617. The summed E-state index contributed by atoms with van der Waals surface area (Å²) >= 11 is 0. The van der Waals surface area contributed by atoms with E-state index in [-0.39, 0.29) is 80.1 Å². The first-order valence-electron chi connectivity index (χ1n) is 22.9. The van der Waals surface area contributed by atoms with Crippen molar-refractivity contribution < 1.29 is 79.8 Å². The Balaban J connectivity index is 0.0000112. The molecule has 0 saturated heterocycles. The minimum absolute atomic E-state index is 0.0169. The third-order valence-corrected chi connectivity index (χ3v) is 10.9. The third-order valence-electron chi connectivity index (χ3n) is 10.9. The quantitative estimate of drug-likeness (QED) is 0.0566. The van der Waals surface area contributed by atoms with Gasteiger partial charge in [0.2, 0.25) is 11.8 Å². The van der Waals surface area contributed by atoms with Gasteiger partial charge >= 0.3 is 0 Å². The number of carbonyl (C=O) groups is 6. The first kappa shape index (κ1) is 63.9. The van der Waals surface area contributed by atoms with Crippen LogP contribution in [0.3, 0.4) is 0 Å². The van der Waals surface area contributed by atoms with Crippen molar-refractivity contribution in [1.82, 2.24) is 21.3 Å². The largest absolute Gasteiger partial charge is 0.394 e. The van der Waals surface area contributed by atoms with E-state index >= 15 is 0 Å². The maximum Gasteiger partial charge on any atom is 0.252 e. The van der Waals surface area contributed by atoms with Crippen LogP contribution in [0.1, 0.15) is 123 Å². The smallest absolute Gasteiger partial charge is 0.252 e. The monoisotopic (exact) mass is 983 g/mol. The summed E-state index contributed by atoms with van der Waals surface area (Å²) in [5.41, 5.74) is 0.523. The van der Waals surface area contributed by atoms with Gasteiger partial charge in [-0.3, -0.25) is 28.8 Å². The molecule has 4 unspecified atom stereocenters. The lowest BCUT2D eigenvalue weighted by atomic mass is 9.89. The summed E-state index contributed by atoms with van der Waals surface area (Å²) < 4.78 is 0. The van der Waals surface area contributed by atoms with Gasteiger partial charge in [-0.05, 0) is 74.9 Å². The molecule has 392 valence electrons. The van der Waals surface area contributed by atoms with Crippen LogP contribution in [0.2, 0.25) is 0 Å². The fourth-order valence-electron chi connectivity index (χ4n) is 7.76. The number of rotatable bonds is 24. The van der Waals surface area contributed by atoms with Crippen molar-refractivity contribution in [1.29, 1.82) is 0 Å². The second kappa shape index (κ2) is 31.2. The number of nitrogens with one attached hydrogen (secondary N) is 4. The van der Waals surface area contributed by atoms with Gasteiger partial charge in [0.05, 0.1) is 101 Å². The van der Waals surface area contributed by atoms with Crippen molar-refractivity contribution in [3.05, 3.63) is 55.6 Å². The molecule has 69 heavy (non-hydrogen) atoms. The molecule has 4 atom stereocenters. The predicted molar refractivity (Wildman–Crippen MR) is 258 cm³/mol. The Kier molecular flexibility index (Phi) is 28.8. The molecule has 0 aliphatic carbocycles. The molecule has 2 rings (SSSR count). The molecule has 0 heterocycles. The van der Waals surface area contributed by atoms with Crippen LogP contribution >= 0.6 is 0 Å². The molecule has 0 fully saturated rings. The predicted octanol–water partition coefficient (Wildman–Crippen LogP) is -1.56. The number of aliphatic hydroxyl groups is 10. The molecule has 2 aromatic rings. The first-order valence-corrected chi connectivity index (χ1v) is 22.9. The third kappa shape index (κ3) is 17.0. The van der Waals surface area contributed by atoms with Crippen LogP contribution in [-0.2, 0) is 9.59 Å². The second-order valence-corrected chi connectivity index (χ2v) is 15.9. The summed E-state index contributed by atoms with van der Waals surface area (Å²) in [6.07, 6.45) is -6.26. The lowest BCUT2D eigenvalue weighted by Crippen LogP contribution is -2.44. The van der Waals surface area contributed by atoms with Gasteiger partial charge in [-0.25, -0.2) is 0 Å². The number of carbonyl (C=O) groups excluding carboxylic acids is 6. The summed E-state index contributed by atoms with van der Waals surface area (Å²) in [5.74, 6) is -4.58. The zero-order valence-corrected chi connectivity index (χ0v) is 42.1. The van der Waals surface area contributed by atoms with Crippen LogP contribution in [0.25, 0.3) is 0 Å². The number of benzene rings is 2. The molecule has 0 spiro atoms. The van der Waals surface area contributed by atoms with E-state index in [1.54, 1.807) is 0 Å². The lowest BCUT2D eigenvalue weighted by molar-refractivity contribution is -0.117. The van der Waals surface area contributed by atoms with E-state index in [2.05, 4.69) is 21.3 Å². The fourth-order valence-corrected chi connectivity index (χ4v) is 7.76. The van der Waals surface area contributed by atoms with Crippen LogP contribution in [0.5, 0.6) is 0 Å². The number of hydrogen-bond acceptors (Lipinski definition) is 16. The minimum atomic E-state index is -1.56. The number of amides is 6. The van der Waals surface area contributed by atoms with Crippen LogP contribution in [-0.4, -0.2) is 189 Å². The zero-order chi connectivity index (χ0) is 53.6. The number of nitrogens with zero attached hydrogens (tertiary/aromatic N) is 2. The SMILES string of the molecule is CC.CC.CC(=O)N(CC(O)CC(O)CN(C(C)=O)c1c(C)c(C(=O)NCC(O)CO)c(C)c(C(=O)NC(CO)CO)c1C)c1c(C)c(C(=O)NCC(O)CO)c(C)c(C(=O)NC(CO)CO)c1C. The normalized spacial score (nSPS) is 12.6. The molecule has 6 amide bonds. The van der Waals surface area contributed by atoms with Gasteiger partial charge in [0.1, 0.15) is 0 Å². The van der Waals surface area contributed by atoms with Crippen LogP contribution in [0, 0.1) is 41.5 Å². The van der Waals surface area contributed by atoms with E-state index in [0.29, 0.717) is 0 Å². The summed E-state index contributed by atoms with van der Waals surface area (Å²) in [7, 11) is 0. The highest BCUT2D eigenvalue weighted by Gasteiger charge is 2.33. The van der Waals surface area contributed by atoms with Crippen LogP contribution in [0.15, 0.2) is 0 Å². The Morgan fingerprint density at radius 3 is 0.913 bits per heavy atom. The molecule has 0 aliphatic heterocycles. The highest BCUT2D eigenvalue weighted by molar-refractivity contribution is 6.09. The second-order valence-electron chi connectivity index (χ2n) is 15.9. The van der Waals surface area contributed by atoms with E-state index in [9.17, 15) is 79.8 Å². The van der Waals surface area contributed by atoms with Gasteiger partial charge in [0.25, 0.3) is 23.6 Å². The van der Waals surface area contributed by atoms with Gasteiger partial charge in [0.15, 0.2) is 0 Å². The van der Waals surface area contributed by atoms with Crippen molar-refractivity contribution in [2.24, 2.45) is 0 Å². The Bertz CT molecular complexity index is 1900. The van der Waals surface area contributed by atoms with Crippen LogP contribution in [0.4, 0.5) is 11.4 Å². The average Bonchev–Trinajstić information content (AvgIpc) is 3.31. The molecule has 0 aromatic heterocycles. The van der Waals surface area contributed by atoms with E-state index in [0.717, 1.165) is 23.6 Å². The maximum absolute atomic E-state index is 13.7. The number of aliphatic hydroxyl groups excluding tert-OH is 10. The van der Waals surface area contributed by atoms with Crippen molar-refractivity contribution in [3.63, 3.8) is 0 Å². The number of anilines is 2. The summed E-state index contributed by atoms with van der Waals surface area (Å²) in [5, 5.41) is 110. The van der Waals surface area contributed by atoms with Crippen LogP contribution < -0.4 is 31.1 Å². The number of hydrogen-bond donors (Lipinski definition) is 14. The van der Waals surface area contributed by atoms with Crippen molar-refractivity contribution in [2.45, 2.75) is 126 Å². The Morgan fingerprint density at radius 1 is 0.420 bits per heavy atom. The van der Waals surface area contributed by atoms with Crippen molar-refractivity contribution in [2.75, 3.05) is 75.6 Å². The average molecular weight is 983 g/mol. The topological polar surface area (TPSA) is 359 Å². The molecule has 0 bridgehead atoms. The molecule has 14 N–H and O–H groups in total.